The van der Waals surface area contributed by atoms with Crippen LogP contribution in [-0.2, 0) is 4.79 Å². The van der Waals surface area contributed by atoms with E-state index >= 15 is 0 Å². The molecule has 0 spiro atoms. The maximum Gasteiger partial charge on any atom is 0.234 e. The zero-order valence-electron chi connectivity index (χ0n) is 15.3. The average molecular weight is 379 g/mol. The van der Waals surface area contributed by atoms with Gasteiger partial charge in [-0.3, -0.25) is 4.79 Å². The summed E-state index contributed by atoms with van der Waals surface area (Å²) >= 11 is 1.60. The number of rotatable bonds is 4. The Morgan fingerprint density at radius 3 is 1.93 bits per heavy atom. The Bertz CT molecular complexity index is 849. The van der Waals surface area contributed by atoms with E-state index in [4.69, 9.17) is 0 Å². The number of aromatic nitrogens is 2. The van der Waals surface area contributed by atoms with E-state index < -0.39 is 0 Å². The van der Waals surface area contributed by atoms with Crippen molar-refractivity contribution in [3.05, 3.63) is 76.8 Å². The van der Waals surface area contributed by atoms with Gasteiger partial charge >= 0.3 is 0 Å². The van der Waals surface area contributed by atoms with Crippen molar-refractivity contribution in [1.29, 1.82) is 0 Å². The molecule has 1 amide bonds. The number of hydrogen-bond donors (Lipinski definition) is 0. The van der Waals surface area contributed by atoms with Gasteiger partial charge < -0.3 is 9.80 Å². The van der Waals surface area contributed by atoms with Crippen LogP contribution in [0.4, 0.5) is 5.13 Å². The highest BCUT2D eigenvalue weighted by atomic mass is 32.1. The fourth-order valence-corrected chi connectivity index (χ4v) is 4.22. The lowest BCUT2D eigenvalue weighted by Gasteiger charge is -2.36. The van der Waals surface area contributed by atoms with Crippen LogP contribution in [0.15, 0.2) is 60.7 Å². The van der Waals surface area contributed by atoms with Gasteiger partial charge in [-0.2, -0.15) is 0 Å². The molecule has 3 aromatic rings. The molecule has 1 aliphatic heterocycles. The summed E-state index contributed by atoms with van der Waals surface area (Å²) in [5.74, 6) is -0.0942. The summed E-state index contributed by atoms with van der Waals surface area (Å²) in [6.45, 7) is 4.94. The first-order valence-electron chi connectivity index (χ1n) is 9.16. The minimum absolute atomic E-state index is 0.167. The minimum Gasteiger partial charge on any atom is -0.343 e. The van der Waals surface area contributed by atoms with E-state index in [9.17, 15) is 4.79 Å². The van der Waals surface area contributed by atoms with Crippen molar-refractivity contribution in [2.24, 2.45) is 0 Å². The molecule has 1 aromatic heterocycles. The topological polar surface area (TPSA) is 49.3 Å². The summed E-state index contributed by atoms with van der Waals surface area (Å²) in [5.41, 5.74) is 2.08. The molecule has 1 saturated heterocycles. The fourth-order valence-electron chi connectivity index (χ4n) is 3.48. The number of aryl methyl sites for hydroxylation is 1. The highest BCUT2D eigenvalue weighted by molar-refractivity contribution is 7.15. The fraction of sp³-hybridized carbons (Fsp3) is 0.286. The molecular weight excluding hydrogens is 356 g/mol. The van der Waals surface area contributed by atoms with Crippen molar-refractivity contribution in [3.8, 4) is 0 Å². The molecule has 1 fully saturated rings. The van der Waals surface area contributed by atoms with Crippen molar-refractivity contribution in [3.63, 3.8) is 0 Å². The Labute approximate surface area is 163 Å². The highest BCUT2D eigenvalue weighted by Crippen LogP contribution is 2.28. The Kier molecular flexibility index (Phi) is 5.16. The van der Waals surface area contributed by atoms with E-state index in [1.807, 2.05) is 72.5 Å². The van der Waals surface area contributed by atoms with E-state index in [2.05, 4.69) is 15.1 Å². The second-order valence-electron chi connectivity index (χ2n) is 6.67. The molecule has 4 rings (SSSR count). The third-order valence-corrected chi connectivity index (χ3v) is 5.79. The van der Waals surface area contributed by atoms with Crippen LogP contribution >= 0.6 is 11.3 Å². The quantitative estimate of drug-likeness (QED) is 0.699. The molecule has 0 aliphatic carbocycles. The first-order valence-corrected chi connectivity index (χ1v) is 9.98. The number of amides is 1. The third-order valence-electron chi connectivity index (χ3n) is 4.89. The number of benzene rings is 2. The van der Waals surface area contributed by atoms with Gasteiger partial charge in [0.05, 0.1) is 5.92 Å². The largest absolute Gasteiger partial charge is 0.343 e. The van der Waals surface area contributed by atoms with Crippen LogP contribution in [-0.4, -0.2) is 47.2 Å². The van der Waals surface area contributed by atoms with E-state index in [0.29, 0.717) is 13.1 Å². The lowest BCUT2D eigenvalue weighted by Crippen LogP contribution is -2.50. The van der Waals surface area contributed by atoms with Gasteiger partial charge in [0.2, 0.25) is 11.0 Å². The number of piperazine rings is 1. The lowest BCUT2D eigenvalue weighted by atomic mass is 9.90. The maximum atomic E-state index is 13.4. The predicted molar refractivity (Wildman–Crippen MR) is 108 cm³/mol. The van der Waals surface area contributed by atoms with Crippen LogP contribution in [0.1, 0.15) is 22.1 Å². The van der Waals surface area contributed by atoms with Crippen LogP contribution in [0.25, 0.3) is 0 Å². The van der Waals surface area contributed by atoms with Gasteiger partial charge in [0.15, 0.2) is 0 Å². The van der Waals surface area contributed by atoms with Crippen molar-refractivity contribution < 1.29 is 4.79 Å². The summed E-state index contributed by atoms with van der Waals surface area (Å²) in [7, 11) is 0. The Morgan fingerprint density at radius 1 is 0.889 bits per heavy atom. The number of carbonyl (C=O) groups is 1. The van der Waals surface area contributed by atoms with Crippen molar-refractivity contribution in [1.82, 2.24) is 15.1 Å². The molecule has 27 heavy (non-hydrogen) atoms. The normalized spacial score (nSPS) is 14.6. The maximum absolute atomic E-state index is 13.4. The van der Waals surface area contributed by atoms with Crippen LogP contribution in [0.3, 0.4) is 0 Å². The monoisotopic (exact) mass is 378 g/mol. The van der Waals surface area contributed by atoms with Crippen molar-refractivity contribution >= 4 is 22.4 Å². The summed E-state index contributed by atoms with van der Waals surface area (Å²) in [6.07, 6.45) is 0. The summed E-state index contributed by atoms with van der Waals surface area (Å²) in [5, 5.41) is 10.2. The van der Waals surface area contributed by atoms with E-state index in [-0.39, 0.29) is 11.8 Å². The van der Waals surface area contributed by atoms with Gasteiger partial charge in [-0.15, -0.1) is 10.2 Å². The van der Waals surface area contributed by atoms with Crippen molar-refractivity contribution in [2.75, 3.05) is 31.1 Å². The molecule has 0 bridgehead atoms. The molecule has 2 aromatic carbocycles. The van der Waals surface area contributed by atoms with Crippen LogP contribution in [0.5, 0.6) is 0 Å². The molecule has 2 heterocycles. The molecule has 138 valence electrons. The number of anilines is 1. The molecule has 0 atom stereocenters. The van der Waals surface area contributed by atoms with E-state index in [0.717, 1.165) is 34.4 Å². The summed E-state index contributed by atoms with van der Waals surface area (Å²) < 4.78 is 0. The first-order chi connectivity index (χ1) is 13.2. The van der Waals surface area contributed by atoms with Gasteiger partial charge in [0.25, 0.3) is 0 Å². The zero-order valence-corrected chi connectivity index (χ0v) is 16.1. The summed E-state index contributed by atoms with van der Waals surface area (Å²) in [6, 6.07) is 20.1. The third kappa shape index (κ3) is 3.85. The molecule has 0 saturated carbocycles. The smallest absolute Gasteiger partial charge is 0.234 e. The first kappa shape index (κ1) is 17.7. The van der Waals surface area contributed by atoms with Crippen LogP contribution < -0.4 is 4.90 Å². The standard InChI is InChI=1S/C21H22N4OS/c1-16-22-23-21(27-16)25-14-12-24(13-15-25)20(26)19(17-8-4-2-5-9-17)18-10-6-3-7-11-18/h2-11,19H,12-15H2,1H3. The highest BCUT2D eigenvalue weighted by Gasteiger charge is 2.30. The molecule has 1 aliphatic rings. The average Bonchev–Trinajstić information content (AvgIpc) is 3.16. The number of carbonyl (C=O) groups excluding carboxylic acids is 1. The molecule has 6 heteroatoms. The second-order valence-corrected chi connectivity index (χ2v) is 7.83. The van der Waals surface area contributed by atoms with Gasteiger partial charge in [-0.05, 0) is 18.1 Å². The Balaban J connectivity index is 1.53. The number of nitrogens with zero attached hydrogens (tertiary/aromatic N) is 4. The predicted octanol–water partition coefficient (Wildman–Crippen LogP) is 3.33. The lowest BCUT2D eigenvalue weighted by molar-refractivity contribution is -0.132. The van der Waals surface area contributed by atoms with Gasteiger partial charge in [0, 0.05) is 26.2 Å². The Morgan fingerprint density at radius 2 is 1.44 bits per heavy atom. The van der Waals surface area contributed by atoms with Crippen molar-refractivity contribution in [2.45, 2.75) is 12.8 Å². The molecule has 0 N–H and O–H groups in total. The van der Waals surface area contributed by atoms with Crippen LogP contribution in [0.2, 0.25) is 0 Å². The second kappa shape index (κ2) is 7.88. The number of hydrogen-bond acceptors (Lipinski definition) is 5. The van der Waals surface area contributed by atoms with E-state index in [1.165, 1.54) is 0 Å². The SMILES string of the molecule is Cc1nnc(N2CCN(C(=O)C(c3ccccc3)c3ccccc3)CC2)s1. The molecule has 5 nitrogen and oxygen atoms in total. The minimum atomic E-state index is -0.261. The van der Waals surface area contributed by atoms with E-state index in [1.54, 1.807) is 11.3 Å². The zero-order chi connectivity index (χ0) is 18.6. The van der Waals surface area contributed by atoms with Gasteiger partial charge in [-0.25, -0.2) is 0 Å². The molecular formula is C21H22N4OS. The Hall–Kier alpha value is -2.73. The van der Waals surface area contributed by atoms with Gasteiger partial charge in [0.1, 0.15) is 5.01 Å². The van der Waals surface area contributed by atoms with Gasteiger partial charge in [-0.1, -0.05) is 72.0 Å². The molecule has 0 unspecified atom stereocenters. The summed E-state index contributed by atoms with van der Waals surface area (Å²) in [4.78, 5) is 17.6. The molecule has 0 radical (unpaired) electrons. The van der Waals surface area contributed by atoms with Crippen LogP contribution in [0, 0.1) is 6.92 Å².